The summed E-state index contributed by atoms with van der Waals surface area (Å²) in [5, 5.41) is 7.80. The van der Waals surface area contributed by atoms with Gasteiger partial charge in [-0.25, -0.2) is 0 Å². The highest BCUT2D eigenvalue weighted by molar-refractivity contribution is 5.53. The fourth-order valence-corrected chi connectivity index (χ4v) is 2.23. The third-order valence-corrected chi connectivity index (χ3v) is 3.19. The van der Waals surface area contributed by atoms with E-state index in [0.29, 0.717) is 0 Å². The predicted octanol–water partition coefficient (Wildman–Crippen LogP) is 4.00. The SMILES string of the molecule is CCCn1cc(CNc2ccc(OC(C)C)cc2C)cn1. The summed E-state index contributed by atoms with van der Waals surface area (Å²) in [6, 6.07) is 6.15. The molecule has 0 spiro atoms. The van der Waals surface area contributed by atoms with E-state index in [0.717, 1.165) is 30.9 Å². The molecule has 0 radical (unpaired) electrons. The Balaban J connectivity index is 1.96. The zero-order valence-corrected chi connectivity index (χ0v) is 13.4. The zero-order valence-electron chi connectivity index (χ0n) is 13.4. The highest BCUT2D eigenvalue weighted by atomic mass is 16.5. The predicted molar refractivity (Wildman–Crippen MR) is 86.8 cm³/mol. The van der Waals surface area contributed by atoms with Crippen LogP contribution in [-0.4, -0.2) is 15.9 Å². The number of hydrogen-bond donors (Lipinski definition) is 1. The van der Waals surface area contributed by atoms with Crippen LogP contribution < -0.4 is 10.1 Å². The van der Waals surface area contributed by atoms with E-state index in [9.17, 15) is 0 Å². The van der Waals surface area contributed by atoms with Crippen molar-refractivity contribution in [3.05, 3.63) is 41.7 Å². The van der Waals surface area contributed by atoms with Crippen molar-refractivity contribution in [3.63, 3.8) is 0 Å². The molecule has 0 aliphatic carbocycles. The number of aryl methyl sites for hydroxylation is 2. The molecule has 21 heavy (non-hydrogen) atoms. The Hall–Kier alpha value is -1.97. The number of anilines is 1. The molecule has 0 unspecified atom stereocenters. The number of ether oxygens (including phenoxy) is 1. The number of hydrogen-bond acceptors (Lipinski definition) is 3. The van der Waals surface area contributed by atoms with Gasteiger partial charge in [0.25, 0.3) is 0 Å². The topological polar surface area (TPSA) is 39.1 Å². The van der Waals surface area contributed by atoms with Gasteiger partial charge in [0.15, 0.2) is 0 Å². The molecule has 0 bridgehead atoms. The maximum atomic E-state index is 5.70. The molecule has 0 aliphatic rings. The first kappa shape index (κ1) is 15.4. The van der Waals surface area contributed by atoms with Crippen LogP contribution in [-0.2, 0) is 13.1 Å². The van der Waals surface area contributed by atoms with Gasteiger partial charge >= 0.3 is 0 Å². The average molecular weight is 287 g/mol. The van der Waals surface area contributed by atoms with Crippen LogP contribution in [0.25, 0.3) is 0 Å². The Morgan fingerprint density at radius 2 is 2.14 bits per heavy atom. The molecular formula is C17H25N3O. The molecule has 0 saturated carbocycles. The van der Waals surface area contributed by atoms with Crippen molar-refractivity contribution >= 4 is 5.69 Å². The van der Waals surface area contributed by atoms with Gasteiger partial charge in [-0.2, -0.15) is 5.10 Å². The molecule has 1 N–H and O–H groups in total. The summed E-state index contributed by atoms with van der Waals surface area (Å²) < 4.78 is 7.69. The van der Waals surface area contributed by atoms with E-state index in [1.165, 1.54) is 11.1 Å². The molecule has 0 aliphatic heterocycles. The molecule has 4 nitrogen and oxygen atoms in total. The number of aromatic nitrogens is 2. The van der Waals surface area contributed by atoms with Gasteiger partial charge in [0.05, 0.1) is 12.3 Å². The minimum absolute atomic E-state index is 0.201. The van der Waals surface area contributed by atoms with Crippen molar-refractivity contribution in [2.75, 3.05) is 5.32 Å². The van der Waals surface area contributed by atoms with Crippen LogP contribution in [0.5, 0.6) is 5.75 Å². The van der Waals surface area contributed by atoms with Gasteiger partial charge in [-0.05, 0) is 51.0 Å². The Morgan fingerprint density at radius 1 is 1.33 bits per heavy atom. The number of benzene rings is 1. The van der Waals surface area contributed by atoms with Gasteiger partial charge in [0, 0.05) is 30.5 Å². The molecule has 1 aromatic carbocycles. The Labute approximate surface area is 127 Å². The van der Waals surface area contributed by atoms with E-state index < -0.39 is 0 Å². The van der Waals surface area contributed by atoms with Crippen molar-refractivity contribution < 1.29 is 4.74 Å². The van der Waals surface area contributed by atoms with Crippen molar-refractivity contribution in [1.29, 1.82) is 0 Å². The number of rotatable bonds is 7. The first-order chi connectivity index (χ1) is 10.1. The summed E-state index contributed by atoms with van der Waals surface area (Å²) in [7, 11) is 0. The molecule has 0 amide bonds. The summed E-state index contributed by atoms with van der Waals surface area (Å²) in [5.74, 6) is 0.920. The van der Waals surface area contributed by atoms with E-state index in [1.807, 2.05) is 30.8 Å². The zero-order chi connectivity index (χ0) is 15.2. The van der Waals surface area contributed by atoms with Crippen molar-refractivity contribution in [1.82, 2.24) is 9.78 Å². The van der Waals surface area contributed by atoms with Gasteiger partial charge in [-0.15, -0.1) is 0 Å². The molecule has 0 atom stereocenters. The fourth-order valence-electron chi connectivity index (χ4n) is 2.23. The molecule has 114 valence electrons. The normalized spacial score (nSPS) is 10.9. The Bertz CT molecular complexity index is 575. The number of nitrogens with zero attached hydrogens (tertiary/aromatic N) is 2. The lowest BCUT2D eigenvalue weighted by Crippen LogP contribution is -2.06. The second kappa shape index (κ2) is 7.16. The van der Waals surface area contributed by atoms with Gasteiger partial charge in [0.2, 0.25) is 0 Å². The van der Waals surface area contributed by atoms with Crippen LogP contribution in [0, 0.1) is 6.92 Å². The van der Waals surface area contributed by atoms with Crippen LogP contribution in [0.3, 0.4) is 0 Å². The first-order valence-electron chi connectivity index (χ1n) is 7.61. The third kappa shape index (κ3) is 4.52. The highest BCUT2D eigenvalue weighted by Crippen LogP contribution is 2.22. The van der Waals surface area contributed by atoms with Crippen LogP contribution in [0.1, 0.15) is 38.3 Å². The summed E-state index contributed by atoms with van der Waals surface area (Å²) in [6.45, 7) is 10.1. The Kier molecular flexibility index (Phi) is 5.26. The molecule has 1 aromatic heterocycles. The fraction of sp³-hybridized carbons (Fsp3) is 0.471. The van der Waals surface area contributed by atoms with Crippen LogP contribution in [0.4, 0.5) is 5.69 Å². The van der Waals surface area contributed by atoms with Gasteiger partial charge in [-0.1, -0.05) is 6.92 Å². The van der Waals surface area contributed by atoms with Crippen LogP contribution in [0.15, 0.2) is 30.6 Å². The molecule has 1 heterocycles. The van der Waals surface area contributed by atoms with E-state index in [-0.39, 0.29) is 6.10 Å². The summed E-state index contributed by atoms with van der Waals surface area (Å²) in [4.78, 5) is 0. The maximum Gasteiger partial charge on any atom is 0.120 e. The lowest BCUT2D eigenvalue weighted by Gasteiger charge is -2.13. The smallest absolute Gasteiger partial charge is 0.120 e. The van der Waals surface area contributed by atoms with Crippen molar-refractivity contribution in [2.24, 2.45) is 0 Å². The molecular weight excluding hydrogens is 262 g/mol. The van der Waals surface area contributed by atoms with Crippen LogP contribution in [0.2, 0.25) is 0 Å². The quantitative estimate of drug-likeness (QED) is 0.836. The van der Waals surface area contributed by atoms with Crippen LogP contribution >= 0.6 is 0 Å². The largest absolute Gasteiger partial charge is 0.491 e. The minimum atomic E-state index is 0.201. The first-order valence-corrected chi connectivity index (χ1v) is 7.61. The van der Waals surface area contributed by atoms with Gasteiger partial charge in [-0.3, -0.25) is 4.68 Å². The molecule has 0 saturated heterocycles. The van der Waals surface area contributed by atoms with Gasteiger partial charge < -0.3 is 10.1 Å². The van der Waals surface area contributed by atoms with Gasteiger partial charge in [0.1, 0.15) is 5.75 Å². The lowest BCUT2D eigenvalue weighted by molar-refractivity contribution is 0.242. The monoisotopic (exact) mass is 287 g/mol. The highest BCUT2D eigenvalue weighted by Gasteiger charge is 2.04. The maximum absolute atomic E-state index is 5.70. The van der Waals surface area contributed by atoms with E-state index in [4.69, 9.17) is 4.74 Å². The van der Waals surface area contributed by atoms with Crippen molar-refractivity contribution in [2.45, 2.75) is 53.3 Å². The summed E-state index contributed by atoms with van der Waals surface area (Å²) in [6.07, 6.45) is 5.33. The second-order valence-electron chi connectivity index (χ2n) is 5.61. The average Bonchev–Trinajstić information content (AvgIpc) is 2.85. The van der Waals surface area contributed by atoms with E-state index in [1.54, 1.807) is 0 Å². The standard InChI is InChI=1S/C17H25N3O/c1-5-8-20-12-15(11-19-20)10-18-17-7-6-16(9-14(17)4)21-13(2)3/h6-7,9,11-13,18H,5,8,10H2,1-4H3. The van der Waals surface area contributed by atoms with E-state index >= 15 is 0 Å². The van der Waals surface area contributed by atoms with Crippen molar-refractivity contribution in [3.8, 4) is 5.75 Å². The number of nitrogens with one attached hydrogen (secondary N) is 1. The molecule has 2 aromatic rings. The summed E-state index contributed by atoms with van der Waals surface area (Å²) >= 11 is 0. The molecule has 2 rings (SSSR count). The Morgan fingerprint density at radius 3 is 2.81 bits per heavy atom. The minimum Gasteiger partial charge on any atom is -0.491 e. The second-order valence-corrected chi connectivity index (χ2v) is 5.61. The third-order valence-electron chi connectivity index (χ3n) is 3.19. The summed E-state index contributed by atoms with van der Waals surface area (Å²) in [5.41, 5.74) is 3.52. The molecule has 4 heteroatoms. The van der Waals surface area contributed by atoms with E-state index in [2.05, 4.69) is 42.6 Å². The lowest BCUT2D eigenvalue weighted by atomic mass is 10.2. The molecule has 0 fully saturated rings.